The molecule has 8 nitrogen and oxygen atoms in total. The second kappa shape index (κ2) is 9.36. The normalized spacial score (nSPS) is 13.7. The van der Waals surface area contributed by atoms with Gasteiger partial charge >= 0.3 is 5.82 Å². The summed E-state index contributed by atoms with van der Waals surface area (Å²) in [5.41, 5.74) is 4.23. The van der Waals surface area contributed by atoms with Gasteiger partial charge in [-0.2, -0.15) is 0 Å². The highest BCUT2D eigenvalue weighted by molar-refractivity contribution is 6.00. The van der Waals surface area contributed by atoms with Crippen LogP contribution in [0.2, 0.25) is 0 Å². The SMILES string of the molecule is O=C(Cc1cc(-c2ccccc2)cnc1[N+](=O)[O-])c1cnc2cc(N3CCNCC3)ccc2c1. The average molecular weight is 454 g/mol. The lowest BCUT2D eigenvalue weighted by Crippen LogP contribution is -2.43. The molecular weight excluding hydrogens is 430 g/mol. The van der Waals surface area contributed by atoms with Crippen LogP contribution in [0.3, 0.4) is 0 Å². The van der Waals surface area contributed by atoms with E-state index in [2.05, 4.69) is 20.2 Å². The molecular formula is C26H23N5O3. The average Bonchev–Trinajstić information content (AvgIpc) is 2.89. The summed E-state index contributed by atoms with van der Waals surface area (Å²) in [6, 6.07) is 19.0. The first-order valence-corrected chi connectivity index (χ1v) is 11.2. The third kappa shape index (κ3) is 4.49. The van der Waals surface area contributed by atoms with Gasteiger partial charge in [-0.05, 0) is 39.7 Å². The summed E-state index contributed by atoms with van der Waals surface area (Å²) in [6.07, 6.45) is 2.89. The highest BCUT2D eigenvalue weighted by Crippen LogP contribution is 2.26. The number of nitrogens with one attached hydrogen (secondary N) is 1. The van der Waals surface area contributed by atoms with E-state index in [9.17, 15) is 14.9 Å². The molecule has 0 spiro atoms. The molecule has 1 saturated heterocycles. The van der Waals surface area contributed by atoms with Crippen molar-refractivity contribution in [1.82, 2.24) is 15.3 Å². The van der Waals surface area contributed by atoms with Crippen LogP contribution in [0.5, 0.6) is 0 Å². The molecule has 2 aromatic carbocycles. The van der Waals surface area contributed by atoms with Crippen LogP contribution in [-0.4, -0.2) is 46.9 Å². The number of pyridine rings is 2. The van der Waals surface area contributed by atoms with Crippen LogP contribution in [0.25, 0.3) is 22.0 Å². The second-order valence-corrected chi connectivity index (χ2v) is 8.27. The molecule has 0 aliphatic carbocycles. The third-order valence-electron chi connectivity index (χ3n) is 6.05. The molecule has 2 aromatic heterocycles. The van der Waals surface area contributed by atoms with E-state index >= 15 is 0 Å². The van der Waals surface area contributed by atoms with Crippen molar-refractivity contribution in [2.45, 2.75) is 6.42 Å². The van der Waals surface area contributed by atoms with Gasteiger partial charge in [-0.3, -0.25) is 9.78 Å². The monoisotopic (exact) mass is 453 g/mol. The number of rotatable bonds is 6. The maximum absolute atomic E-state index is 13.1. The lowest BCUT2D eigenvalue weighted by atomic mass is 10.00. The Hall–Kier alpha value is -4.17. The fourth-order valence-corrected chi connectivity index (χ4v) is 4.24. The van der Waals surface area contributed by atoms with Gasteiger partial charge in [0.2, 0.25) is 0 Å². The van der Waals surface area contributed by atoms with E-state index in [1.165, 1.54) is 6.20 Å². The van der Waals surface area contributed by atoms with Gasteiger partial charge in [0.1, 0.15) is 6.20 Å². The Morgan fingerprint density at radius 2 is 1.76 bits per heavy atom. The van der Waals surface area contributed by atoms with Gasteiger partial charge in [0, 0.05) is 61.0 Å². The van der Waals surface area contributed by atoms with Crippen LogP contribution in [0, 0.1) is 10.1 Å². The Balaban J connectivity index is 1.42. The van der Waals surface area contributed by atoms with E-state index in [0.29, 0.717) is 5.56 Å². The molecule has 34 heavy (non-hydrogen) atoms. The van der Waals surface area contributed by atoms with Crippen molar-refractivity contribution >= 4 is 28.2 Å². The third-order valence-corrected chi connectivity index (χ3v) is 6.05. The summed E-state index contributed by atoms with van der Waals surface area (Å²) in [5.74, 6) is -0.543. The van der Waals surface area contributed by atoms with Gasteiger partial charge < -0.3 is 20.3 Å². The van der Waals surface area contributed by atoms with Crippen molar-refractivity contribution in [3.8, 4) is 11.1 Å². The number of benzene rings is 2. The Bertz CT molecular complexity index is 1370. The van der Waals surface area contributed by atoms with E-state index in [4.69, 9.17) is 0 Å². The summed E-state index contributed by atoms with van der Waals surface area (Å²) in [4.78, 5) is 34.9. The quantitative estimate of drug-likeness (QED) is 0.267. The molecule has 3 heterocycles. The number of piperazine rings is 1. The van der Waals surface area contributed by atoms with E-state index in [1.807, 2.05) is 48.5 Å². The van der Waals surface area contributed by atoms with Crippen molar-refractivity contribution in [2.24, 2.45) is 0 Å². The minimum atomic E-state index is -0.548. The number of nitrogens with zero attached hydrogens (tertiary/aromatic N) is 4. The molecule has 0 amide bonds. The van der Waals surface area contributed by atoms with Crippen LogP contribution in [0.15, 0.2) is 73.1 Å². The highest BCUT2D eigenvalue weighted by atomic mass is 16.6. The van der Waals surface area contributed by atoms with Crippen LogP contribution in [0.1, 0.15) is 15.9 Å². The Morgan fingerprint density at radius 3 is 2.53 bits per heavy atom. The van der Waals surface area contributed by atoms with E-state index < -0.39 is 4.92 Å². The fourth-order valence-electron chi connectivity index (χ4n) is 4.24. The van der Waals surface area contributed by atoms with Gasteiger partial charge in [-0.15, -0.1) is 0 Å². The molecule has 0 radical (unpaired) electrons. The Labute approximate surface area is 196 Å². The minimum absolute atomic E-state index is 0.129. The second-order valence-electron chi connectivity index (χ2n) is 8.27. The van der Waals surface area contributed by atoms with Crippen molar-refractivity contribution in [3.05, 3.63) is 94.3 Å². The maximum Gasteiger partial charge on any atom is 0.367 e. The number of carbonyl (C=O) groups is 1. The summed E-state index contributed by atoms with van der Waals surface area (Å²) in [7, 11) is 0. The number of hydrogen-bond donors (Lipinski definition) is 1. The molecule has 0 saturated carbocycles. The van der Waals surface area contributed by atoms with E-state index in [1.54, 1.807) is 18.3 Å². The number of ketones is 1. The zero-order valence-corrected chi connectivity index (χ0v) is 18.5. The molecule has 170 valence electrons. The van der Waals surface area contributed by atoms with Gasteiger partial charge in [-0.25, -0.2) is 0 Å². The summed E-state index contributed by atoms with van der Waals surface area (Å²) < 4.78 is 0. The number of nitro groups is 1. The number of Topliss-reactive ketones (excluding diaryl/α,β-unsaturated/α-hetero) is 1. The summed E-state index contributed by atoms with van der Waals surface area (Å²) in [5, 5.41) is 15.7. The van der Waals surface area contributed by atoms with Crippen molar-refractivity contribution in [2.75, 3.05) is 31.1 Å². The van der Waals surface area contributed by atoms with E-state index in [0.717, 1.165) is 53.9 Å². The predicted molar refractivity (Wildman–Crippen MR) is 131 cm³/mol. The van der Waals surface area contributed by atoms with Crippen LogP contribution in [0.4, 0.5) is 11.5 Å². The number of carbonyl (C=O) groups excluding carboxylic acids is 1. The first kappa shape index (κ1) is 21.7. The molecule has 1 N–H and O–H groups in total. The lowest BCUT2D eigenvalue weighted by molar-refractivity contribution is -0.390. The zero-order valence-electron chi connectivity index (χ0n) is 18.5. The highest BCUT2D eigenvalue weighted by Gasteiger charge is 2.21. The number of hydrogen-bond acceptors (Lipinski definition) is 7. The van der Waals surface area contributed by atoms with Crippen molar-refractivity contribution < 1.29 is 9.72 Å². The van der Waals surface area contributed by atoms with Crippen LogP contribution < -0.4 is 10.2 Å². The number of aromatic nitrogens is 2. The Morgan fingerprint density at radius 1 is 0.971 bits per heavy atom. The molecule has 1 aliphatic heterocycles. The molecule has 1 aliphatic rings. The van der Waals surface area contributed by atoms with Crippen molar-refractivity contribution in [3.63, 3.8) is 0 Å². The van der Waals surface area contributed by atoms with Gasteiger partial charge in [0.05, 0.1) is 11.1 Å². The first-order valence-electron chi connectivity index (χ1n) is 11.2. The predicted octanol–water partition coefficient (Wildman–Crippen LogP) is 4.04. The first-order chi connectivity index (χ1) is 16.6. The van der Waals surface area contributed by atoms with Gasteiger partial charge in [-0.1, -0.05) is 36.4 Å². The fraction of sp³-hybridized carbons (Fsp3) is 0.192. The van der Waals surface area contributed by atoms with Gasteiger partial charge in [0.25, 0.3) is 0 Å². The lowest BCUT2D eigenvalue weighted by Gasteiger charge is -2.29. The smallest absolute Gasteiger partial charge is 0.367 e. The molecule has 8 heteroatoms. The van der Waals surface area contributed by atoms with Crippen molar-refractivity contribution in [1.29, 1.82) is 0 Å². The molecule has 0 atom stereocenters. The zero-order chi connectivity index (χ0) is 23.5. The molecule has 4 aromatic rings. The Kier molecular flexibility index (Phi) is 5.97. The molecule has 1 fully saturated rings. The maximum atomic E-state index is 13.1. The largest absolute Gasteiger partial charge is 0.369 e. The van der Waals surface area contributed by atoms with Crippen LogP contribution >= 0.6 is 0 Å². The van der Waals surface area contributed by atoms with Gasteiger partial charge in [0.15, 0.2) is 5.78 Å². The standard InChI is InChI=1S/C26H23N5O3/c32-25(14-20-13-21(16-29-26(20)31(33)34)18-4-2-1-3-5-18)22-12-19-6-7-23(15-24(19)28-17-22)30-10-8-27-9-11-30/h1-7,12-13,15-17,27H,8-11,14H2. The number of anilines is 1. The molecule has 5 rings (SSSR count). The summed E-state index contributed by atoms with van der Waals surface area (Å²) in [6.45, 7) is 3.78. The van der Waals surface area contributed by atoms with E-state index in [-0.39, 0.29) is 23.6 Å². The minimum Gasteiger partial charge on any atom is -0.369 e. The summed E-state index contributed by atoms with van der Waals surface area (Å²) >= 11 is 0. The topological polar surface area (TPSA) is 101 Å². The molecule has 0 unspecified atom stereocenters. The molecule has 0 bridgehead atoms. The number of fused-ring (bicyclic) bond motifs is 1. The van der Waals surface area contributed by atoms with Crippen LogP contribution in [-0.2, 0) is 6.42 Å².